The maximum atomic E-state index is 13.3. The van der Waals surface area contributed by atoms with Crippen molar-refractivity contribution in [1.29, 1.82) is 0 Å². The van der Waals surface area contributed by atoms with Crippen molar-refractivity contribution in [2.24, 2.45) is 5.73 Å². The van der Waals surface area contributed by atoms with E-state index in [4.69, 9.17) is 70.4 Å². The minimum atomic E-state index is -1.04. The van der Waals surface area contributed by atoms with Crippen molar-refractivity contribution in [3.63, 3.8) is 0 Å². The molecule has 2 saturated carbocycles. The van der Waals surface area contributed by atoms with Crippen molar-refractivity contribution in [2.45, 2.75) is 139 Å². The smallest absolute Gasteiger partial charge is 0.303 e. The summed E-state index contributed by atoms with van der Waals surface area (Å²) in [5.41, 5.74) is 25.1. The van der Waals surface area contributed by atoms with Crippen LogP contribution in [0.15, 0.2) is 158 Å². The number of ether oxygens (including phenoxy) is 8. The molecule has 18 rings (SSSR count). The number of carboxylic acids is 1. The van der Waals surface area contributed by atoms with Crippen LogP contribution in [-0.2, 0) is 70.0 Å². The van der Waals surface area contributed by atoms with Gasteiger partial charge in [-0.05, 0) is 173 Å². The van der Waals surface area contributed by atoms with Gasteiger partial charge in [-0.25, -0.2) is 29.3 Å². The molecule has 744 valence electrons. The van der Waals surface area contributed by atoms with Gasteiger partial charge in [-0.1, -0.05) is 60.7 Å². The molecule has 2 unspecified atom stereocenters. The van der Waals surface area contributed by atoms with Gasteiger partial charge >= 0.3 is 5.97 Å². The number of carbonyl (C=O) groups excluding carboxylic acids is 9. The van der Waals surface area contributed by atoms with Gasteiger partial charge in [0.1, 0.15) is 70.8 Å². The molecule has 6 fully saturated rings. The summed E-state index contributed by atoms with van der Waals surface area (Å²) < 4.78 is 49.9. The molecule has 10 aromatic rings. The Kier molecular flexibility index (Phi) is 35.1. The number of imide groups is 4. The van der Waals surface area contributed by atoms with Crippen LogP contribution in [0.3, 0.4) is 0 Å². The molecular weight excluding hydrogens is 1810 g/mol. The Hall–Kier alpha value is -13.3. The van der Waals surface area contributed by atoms with E-state index in [0.717, 1.165) is 201 Å². The summed E-state index contributed by atoms with van der Waals surface area (Å²) in [6.45, 7) is 17.6. The summed E-state index contributed by atoms with van der Waals surface area (Å²) in [5.74, 6) is -1.83. The second-order valence-corrected chi connectivity index (χ2v) is 35.8. The summed E-state index contributed by atoms with van der Waals surface area (Å²) in [5, 5.41) is 27.8. The second kappa shape index (κ2) is 49.2. The highest BCUT2D eigenvalue weighted by Gasteiger charge is 2.48. The van der Waals surface area contributed by atoms with E-state index in [9.17, 15) is 47.9 Å². The third-order valence-corrected chi connectivity index (χ3v) is 26.9. The number of nitrogens with one attached hydrogen (secondary N) is 3. The van der Waals surface area contributed by atoms with Crippen LogP contribution in [-0.4, -0.2) is 315 Å². The average molecular weight is 1930 g/mol. The zero-order chi connectivity index (χ0) is 98.1. The van der Waals surface area contributed by atoms with E-state index in [0.29, 0.717) is 121 Å². The summed E-state index contributed by atoms with van der Waals surface area (Å²) in [6.07, 6.45) is 12.3. The van der Waals surface area contributed by atoms with Crippen molar-refractivity contribution in [3.8, 4) is 45.5 Å². The fourth-order valence-corrected chi connectivity index (χ4v) is 19.5. The summed E-state index contributed by atoms with van der Waals surface area (Å²) >= 11 is 0. The molecular formula is C102H122N20O19. The number of amides is 9. The number of rotatable bonds is 41. The molecule has 10 heterocycles. The lowest BCUT2D eigenvalue weighted by molar-refractivity contribution is -0.137. The summed E-state index contributed by atoms with van der Waals surface area (Å²) in [4.78, 5) is 152. The first kappa shape index (κ1) is 101. The van der Waals surface area contributed by atoms with Gasteiger partial charge in [-0.2, -0.15) is 10.2 Å². The molecule has 0 spiro atoms. The number of nitrogens with two attached hydrogens (primary N) is 3. The molecule has 141 heavy (non-hydrogen) atoms. The Morgan fingerprint density at radius 1 is 0.404 bits per heavy atom. The molecule has 4 saturated heterocycles. The lowest BCUT2D eigenvalue weighted by Gasteiger charge is -2.42. The minimum absolute atomic E-state index is 0.0443. The largest absolute Gasteiger partial charge is 0.481 e. The monoisotopic (exact) mass is 1930 g/mol. The van der Waals surface area contributed by atoms with Crippen LogP contribution >= 0.6 is 0 Å². The van der Waals surface area contributed by atoms with Crippen molar-refractivity contribution < 1.29 is 90.9 Å². The number of carbonyl (C=O) groups is 10. The van der Waals surface area contributed by atoms with Crippen LogP contribution in [0.2, 0.25) is 0 Å². The SMILES string of the molecule is NCCOCCOCCOCCN1CCN(C2CCC(n3nc(-c4ccc(Oc5ccccc5)cc4)c4c(N)ncnc43)CC2)CC1.Nc1ncnc2c1c(-c1ccc(Oc3ccccc3)cc1)nn2C1CCC(N2CCN(CCOCCOCCOCCNC(=O)CCc3cccc4c3C(=O)N(C3CCC(=O)NC3=O)C4=O)CC2)CC1.O=C(O)CCc1cccc2c1C(=O)N(C1CCC(=O)NC1=O)C2=O. The van der Waals surface area contributed by atoms with Gasteiger partial charge in [-0.3, -0.25) is 88.0 Å². The average Bonchev–Trinajstić information content (AvgIpc) is 1.64. The number of carboxylic acid groups (broad SMARTS) is 1. The second-order valence-electron chi connectivity index (χ2n) is 35.8. The molecule has 0 bridgehead atoms. The van der Waals surface area contributed by atoms with E-state index in [-0.39, 0.29) is 91.6 Å². The van der Waals surface area contributed by atoms with Gasteiger partial charge in [-0.15, -0.1) is 0 Å². The maximum absolute atomic E-state index is 13.3. The predicted octanol–water partition coefficient (Wildman–Crippen LogP) is 8.25. The summed E-state index contributed by atoms with van der Waals surface area (Å²) in [6, 6.07) is 44.5. The van der Waals surface area contributed by atoms with Gasteiger partial charge in [0.15, 0.2) is 11.3 Å². The summed E-state index contributed by atoms with van der Waals surface area (Å²) in [7, 11) is 0. The van der Waals surface area contributed by atoms with E-state index in [1.54, 1.807) is 30.6 Å². The molecule has 39 nitrogen and oxygen atoms in total. The van der Waals surface area contributed by atoms with Crippen molar-refractivity contribution >= 4 is 92.8 Å². The van der Waals surface area contributed by atoms with Gasteiger partial charge in [0.25, 0.3) is 23.6 Å². The third-order valence-electron chi connectivity index (χ3n) is 26.9. The number of aromatic nitrogens is 8. The molecule has 6 aliphatic heterocycles. The van der Waals surface area contributed by atoms with Crippen LogP contribution in [0.1, 0.15) is 155 Å². The number of hydrogen-bond donors (Lipinski definition) is 7. The molecule has 9 amide bonds. The van der Waals surface area contributed by atoms with E-state index in [2.05, 4.69) is 64.8 Å². The van der Waals surface area contributed by atoms with E-state index >= 15 is 0 Å². The Bertz CT molecular complexity index is 6000. The molecule has 2 atom stereocenters. The van der Waals surface area contributed by atoms with E-state index in [1.807, 2.05) is 109 Å². The van der Waals surface area contributed by atoms with Gasteiger partial charge < -0.3 is 65.5 Å². The lowest BCUT2D eigenvalue weighted by Crippen LogP contribution is -2.54. The lowest BCUT2D eigenvalue weighted by atomic mass is 9.90. The Morgan fingerprint density at radius 2 is 0.780 bits per heavy atom. The molecule has 6 aromatic carbocycles. The molecule has 2 aliphatic carbocycles. The molecule has 0 radical (unpaired) electrons. The van der Waals surface area contributed by atoms with E-state index < -0.39 is 65.3 Å². The van der Waals surface area contributed by atoms with Crippen LogP contribution in [0, 0.1) is 0 Å². The third kappa shape index (κ3) is 25.5. The number of fused-ring (bicyclic) bond motifs is 4. The zero-order valence-electron chi connectivity index (χ0n) is 79.0. The van der Waals surface area contributed by atoms with Crippen molar-refractivity contribution in [1.82, 2.24) is 84.8 Å². The quantitative estimate of drug-likeness (QED) is 0.0140. The van der Waals surface area contributed by atoms with E-state index in [1.165, 1.54) is 18.5 Å². The van der Waals surface area contributed by atoms with Crippen LogP contribution < -0.4 is 42.6 Å². The minimum Gasteiger partial charge on any atom is -0.481 e. The number of aliphatic carboxylic acids is 1. The number of benzene rings is 6. The molecule has 10 N–H and O–H groups in total. The van der Waals surface area contributed by atoms with Crippen LogP contribution in [0.4, 0.5) is 11.6 Å². The van der Waals surface area contributed by atoms with Crippen molar-refractivity contribution in [3.05, 3.63) is 192 Å². The van der Waals surface area contributed by atoms with Crippen LogP contribution in [0.5, 0.6) is 23.0 Å². The fourth-order valence-electron chi connectivity index (χ4n) is 19.5. The Morgan fingerprint density at radius 3 is 1.18 bits per heavy atom. The number of para-hydroxylation sites is 2. The van der Waals surface area contributed by atoms with Gasteiger partial charge in [0, 0.05) is 127 Å². The predicted molar refractivity (Wildman–Crippen MR) is 519 cm³/mol. The van der Waals surface area contributed by atoms with Crippen LogP contribution in [0.25, 0.3) is 44.6 Å². The fraction of sp³-hybridized carbons (Fsp3) is 0.451. The highest BCUT2D eigenvalue weighted by Crippen LogP contribution is 2.42. The normalized spacial score (nSPS) is 19.8. The highest BCUT2D eigenvalue weighted by atomic mass is 16.6. The first-order chi connectivity index (χ1) is 68.8. The number of nitrogens with zero attached hydrogens (tertiary/aromatic N) is 14. The highest BCUT2D eigenvalue weighted by molar-refractivity contribution is 6.25. The number of anilines is 2. The van der Waals surface area contributed by atoms with Crippen molar-refractivity contribution in [2.75, 3.05) is 169 Å². The topological polar surface area (TPSA) is 486 Å². The molecule has 8 aliphatic rings. The Balaban J connectivity index is 0.000000172. The number of aryl methyl sites for hydroxylation is 2. The zero-order valence-corrected chi connectivity index (χ0v) is 79.0. The maximum Gasteiger partial charge on any atom is 0.303 e. The van der Waals surface area contributed by atoms with Gasteiger partial charge in [0.2, 0.25) is 29.5 Å². The number of piperazine rings is 2. The Labute approximate surface area is 815 Å². The standard InChI is InChI=1S/C51H60N10O9.C35H48N8O4.C16H14N2O6/c52-47-45-46(35-9-16-39(17-10-35)70-38-6-2-1-3-7-38)57-61(48(45)55-33-54-47)37-14-12-36(13-15-37)59-24-22-58(23-25-59)26-28-68-30-32-69-31-29-67-27-21-53-42(62)19-11-34-5-4-8-40-44(34)51(66)60(50(40)65)41-18-20-43(63)56-49(41)64;36-14-20-44-22-24-46-25-23-45-21-19-41-15-17-42(18-16-41)28-8-10-29(11-9-28)43-35-32(34(37)38-26-39-35)33(40-43)27-6-12-31(13-7-27)47-30-4-2-1-3-5-30;19-11-6-5-10(14(22)17-11)18-15(23)9-3-1-2-8(4-7-12(20)21)13(9)16(18)24/h1-10,16-17,33,36-37,41H,11-15,18-32H2,(H,53,62)(H2,52,54,55)(H,56,63,64);1-7,12-13,26,28-29H,8-11,14-25,36H2,(H2,37,38,39);1-3,10H,4-7H2,(H,20,21)(H,17,19,22). The molecule has 39 heteroatoms. The van der Waals surface area contributed by atoms with Gasteiger partial charge in [0.05, 0.1) is 124 Å². The first-order valence-electron chi connectivity index (χ1n) is 48.7. The molecule has 4 aromatic heterocycles. The number of piperidine rings is 2. The number of hydrogen-bond acceptors (Lipinski definition) is 31. The number of nitrogen functional groups attached to an aromatic ring is 2. The first-order valence-corrected chi connectivity index (χ1v) is 48.7.